The molecule has 0 saturated heterocycles. The Kier molecular flexibility index (Phi) is 6.04. The van der Waals surface area contributed by atoms with Gasteiger partial charge in [-0.25, -0.2) is 9.67 Å². The Hall–Kier alpha value is -2.50. The third-order valence-electron chi connectivity index (χ3n) is 4.25. The molecule has 0 amide bonds. The number of fused-ring (bicyclic) bond motifs is 3. The predicted molar refractivity (Wildman–Crippen MR) is 117 cm³/mol. The topological polar surface area (TPSA) is 43.1 Å². The van der Waals surface area contributed by atoms with Crippen molar-refractivity contribution in [3.63, 3.8) is 0 Å². The van der Waals surface area contributed by atoms with Crippen molar-refractivity contribution in [1.82, 2.24) is 14.8 Å². The highest BCUT2D eigenvalue weighted by Gasteiger charge is 2.29. The Morgan fingerprint density at radius 2 is 2.15 bits per heavy atom. The molecule has 27 heavy (non-hydrogen) atoms. The van der Waals surface area contributed by atoms with Gasteiger partial charge in [-0.15, -0.1) is 11.3 Å². The minimum absolute atomic E-state index is 0.431. The summed E-state index contributed by atoms with van der Waals surface area (Å²) in [4.78, 5) is 9.61. The van der Waals surface area contributed by atoms with Crippen LogP contribution in [0.5, 0.6) is 0 Å². The van der Waals surface area contributed by atoms with Crippen LogP contribution >= 0.6 is 22.9 Å². The molecule has 3 rings (SSSR count). The second-order valence-electron chi connectivity index (χ2n) is 5.97. The van der Waals surface area contributed by atoms with Crippen LogP contribution in [0.1, 0.15) is 30.8 Å². The Morgan fingerprint density at radius 1 is 1.33 bits per heavy atom. The standard InChI is InChI=1S/C21H21ClN4S/c1-5-7-9-18(14(3)22)26-20-16(10-11-17-21(20)27-13-24-17)19(25-26)15(8-6-2)12-23-4/h5-9,12-13H,3-4,10-11H2,1-2H3/b7-5-,8-6-,15-12+,18-9+. The first-order chi connectivity index (χ1) is 13.1. The van der Waals surface area contributed by atoms with Crippen LogP contribution in [0.15, 0.2) is 58.7 Å². The smallest absolute Gasteiger partial charge is 0.0981 e. The zero-order chi connectivity index (χ0) is 19.4. The summed E-state index contributed by atoms with van der Waals surface area (Å²) in [5, 5.41) is 5.35. The average Bonchev–Trinajstić information content (AvgIpc) is 3.26. The van der Waals surface area contributed by atoms with E-state index in [9.17, 15) is 0 Å². The van der Waals surface area contributed by atoms with Crippen LogP contribution in [0.2, 0.25) is 0 Å². The summed E-state index contributed by atoms with van der Waals surface area (Å²) in [6.07, 6.45) is 13.3. The highest BCUT2D eigenvalue weighted by molar-refractivity contribution is 7.13. The van der Waals surface area contributed by atoms with Gasteiger partial charge in [0.1, 0.15) is 0 Å². The van der Waals surface area contributed by atoms with Gasteiger partial charge in [-0.05, 0) is 39.5 Å². The van der Waals surface area contributed by atoms with Crippen molar-refractivity contribution in [2.75, 3.05) is 0 Å². The van der Waals surface area contributed by atoms with E-state index in [1.807, 2.05) is 54.4 Å². The summed E-state index contributed by atoms with van der Waals surface area (Å²) in [6.45, 7) is 11.5. The van der Waals surface area contributed by atoms with E-state index in [1.165, 1.54) is 5.56 Å². The number of aromatic nitrogens is 3. The van der Waals surface area contributed by atoms with Crippen LogP contribution in [0, 0.1) is 0 Å². The van der Waals surface area contributed by atoms with Crippen LogP contribution in [-0.2, 0) is 12.8 Å². The number of aliphatic imine (C=N–C) groups is 1. The van der Waals surface area contributed by atoms with Gasteiger partial charge >= 0.3 is 0 Å². The molecule has 0 radical (unpaired) electrons. The largest absolute Gasteiger partial charge is 0.272 e. The molecule has 0 aromatic carbocycles. The first kappa shape index (κ1) is 19.3. The Bertz CT molecular complexity index is 1000. The molecular formula is C21H21ClN4S. The van der Waals surface area contributed by atoms with E-state index in [2.05, 4.69) is 23.3 Å². The summed E-state index contributed by atoms with van der Waals surface area (Å²) in [7, 11) is 0. The molecule has 0 bridgehead atoms. The molecule has 1 aliphatic carbocycles. The number of hydrogen-bond acceptors (Lipinski definition) is 4. The van der Waals surface area contributed by atoms with Gasteiger partial charge in [0, 0.05) is 17.3 Å². The maximum Gasteiger partial charge on any atom is 0.0981 e. The van der Waals surface area contributed by atoms with E-state index in [0.29, 0.717) is 5.03 Å². The maximum absolute atomic E-state index is 6.34. The number of hydrogen-bond donors (Lipinski definition) is 0. The number of halogens is 1. The van der Waals surface area contributed by atoms with Gasteiger partial charge in [-0.2, -0.15) is 5.10 Å². The van der Waals surface area contributed by atoms with Gasteiger partial charge in [0.2, 0.25) is 0 Å². The Labute approximate surface area is 168 Å². The molecule has 2 aromatic rings. The normalized spacial score (nSPS) is 14.6. The molecule has 0 N–H and O–H groups in total. The first-order valence-electron chi connectivity index (χ1n) is 8.64. The van der Waals surface area contributed by atoms with Crippen molar-refractivity contribution in [1.29, 1.82) is 0 Å². The number of rotatable bonds is 6. The molecule has 4 nitrogen and oxygen atoms in total. The number of nitrogens with zero attached hydrogens (tertiary/aromatic N) is 4. The summed E-state index contributed by atoms with van der Waals surface area (Å²) in [6, 6.07) is 0. The lowest BCUT2D eigenvalue weighted by molar-refractivity contribution is 0.887. The summed E-state index contributed by atoms with van der Waals surface area (Å²) >= 11 is 7.97. The van der Waals surface area contributed by atoms with E-state index in [-0.39, 0.29) is 0 Å². The van der Waals surface area contributed by atoms with Gasteiger partial charge in [0.05, 0.1) is 38.2 Å². The minimum atomic E-state index is 0.431. The van der Waals surface area contributed by atoms with E-state index in [4.69, 9.17) is 16.7 Å². The molecule has 2 heterocycles. The first-order valence-corrected chi connectivity index (χ1v) is 9.89. The number of allylic oxidation sites excluding steroid dienone is 8. The van der Waals surface area contributed by atoms with Crippen molar-refractivity contribution in [3.05, 3.63) is 70.7 Å². The molecule has 0 fully saturated rings. The fourth-order valence-electron chi connectivity index (χ4n) is 3.13. The molecule has 0 saturated carbocycles. The van der Waals surface area contributed by atoms with Gasteiger partial charge in [-0.3, -0.25) is 4.99 Å². The average molecular weight is 397 g/mol. The number of aryl methyl sites for hydroxylation is 1. The minimum Gasteiger partial charge on any atom is -0.272 e. The predicted octanol–water partition coefficient (Wildman–Crippen LogP) is 5.89. The van der Waals surface area contributed by atoms with Gasteiger partial charge in [0.25, 0.3) is 0 Å². The van der Waals surface area contributed by atoms with Crippen molar-refractivity contribution < 1.29 is 0 Å². The second kappa shape index (κ2) is 8.46. The lowest BCUT2D eigenvalue weighted by Crippen LogP contribution is -2.07. The molecule has 2 aromatic heterocycles. The lowest BCUT2D eigenvalue weighted by atomic mass is 9.95. The second-order valence-corrected chi connectivity index (χ2v) is 7.28. The quantitative estimate of drug-likeness (QED) is 0.451. The van der Waals surface area contributed by atoms with Crippen LogP contribution < -0.4 is 0 Å². The van der Waals surface area contributed by atoms with Gasteiger partial charge in [-0.1, -0.05) is 42.5 Å². The maximum atomic E-state index is 6.34. The highest BCUT2D eigenvalue weighted by atomic mass is 35.5. The van der Waals surface area contributed by atoms with E-state index in [0.717, 1.165) is 46.1 Å². The van der Waals surface area contributed by atoms with Crippen molar-refractivity contribution in [3.8, 4) is 10.6 Å². The van der Waals surface area contributed by atoms with Gasteiger partial charge < -0.3 is 0 Å². The van der Waals surface area contributed by atoms with Crippen molar-refractivity contribution in [2.24, 2.45) is 4.99 Å². The molecule has 0 unspecified atom stereocenters. The monoisotopic (exact) mass is 396 g/mol. The molecule has 0 aliphatic heterocycles. The van der Waals surface area contributed by atoms with Crippen molar-refractivity contribution in [2.45, 2.75) is 26.7 Å². The summed E-state index contributed by atoms with van der Waals surface area (Å²) < 4.78 is 1.89. The third-order valence-corrected chi connectivity index (χ3v) is 5.32. The zero-order valence-corrected chi connectivity index (χ0v) is 17.0. The van der Waals surface area contributed by atoms with E-state index >= 15 is 0 Å². The third kappa shape index (κ3) is 3.66. The fraction of sp³-hybridized carbons (Fsp3) is 0.190. The van der Waals surface area contributed by atoms with Crippen LogP contribution in [0.3, 0.4) is 0 Å². The summed E-state index contributed by atoms with van der Waals surface area (Å²) in [5.41, 5.74) is 7.74. The summed E-state index contributed by atoms with van der Waals surface area (Å²) in [5.74, 6) is 0. The number of thiazole rings is 1. The molecular weight excluding hydrogens is 376 g/mol. The lowest BCUT2D eigenvalue weighted by Gasteiger charge is -2.15. The van der Waals surface area contributed by atoms with Crippen LogP contribution in [-0.4, -0.2) is 21.5 Å². The van der Waals surface area contributed by atoms with Crippen molar-refractivity contribution >= 4 is 40.9 Å². The van der Waals surface area contributed by atoms with Crippen LogP contribution in [0.4, 0.5) is 0 Å². The SMILES string of the molecule is C=N/C=C(\C=C/C)c1nn(/C(=C/C=C\C)C(=C)Cl)c2c1CCc1ncsc1-2. The fourth-order valence-corrected chi connectivity index (χ4v) is 4.17. The highest BCUT2D eigenvalue weighted by Crippen LogP contribution is 2.41. The molecule has 0 atom stereocenters. The van der Waals surface area contributed by atoms with Gasteiger partial charge in [0.15, 0.2) is 0 Å². The molecule has 138 valence electrons. The molecule has 6 heteroatoms. The molecule has 1 aliphatic rings. The van der Waals surface area contributed by atoms with E-state index in [1.54, 1.807) is 17.5 Å². The Morgan fingerprint density at radius 3 is 2.81 bits per heavy atom. The Balaban J connectivity index is 2.34. The molecule has 0 spiro atoms. The zero-order valence-electron chi connectivity index (χ0n) is 15.4. The van der Waals surface area contributed by atoms with Crippen LogP contribution in [0.25, 0.3) is 21.8 Å². The van der Waals surface area contributed by atoms with E-state index < -0.39 is 0 Å².